The van der Waals surface area contributed by atoms with Gasteiger partial charge in [0.25, 0.3) is 0 Å². The second-order valence-corrected chi connectivity index (χ2v) is 3.16. The molecule has 0 heterocycles. The van der Waals surface area contributed by atoms with E-state index in [0.717, 1.165) is 12.1 Å². The summed E-state index contributed by atoms with van der Waals surface area (Å²) in [5.41, 5.74) is -0.624. The van der Waals surface area contributed by atoms with Gasteiger partial charge in [0, 0.05) is 11.6 Å². The maximum absolute atomic E-state index is 10.9. The van der Waals surface area contributed by atoms with Gasteiger partial charge in [0.1, 0.15) is 34.8 Å². The highest BCUT2D eigenvalue weighted by molar-refractivity contribution is 5.88. The molecule has 0 atom stereocenters. The van der Waals surface area contributed by atoms with E-state index in [2.05, 4.69) is 4.74 Å². The lowest BCUT2D eigenvalue weighted by Crippen LogP contribution is -1.94. The number of benzene rings is 1. The molecule has 6 heteroatoms. The van der Waals surface area contributed by atoms with Crippen LogP contribution >= 0.6 is 0 Å². The summed E-state index contributed by atoms with van der Waals surface area (Å²) in [6, 6.07) is 4.30. The molecule has 0 bridgehead atoms. The Bertz CT molecular complexity index is 606. The Balaban J connectivity index is 3.38. The fraction of sp³-hybridized carbons (Fsp3) is 0.0833. The molecule has 0 saturated carbocycles. The van der Waals surface area contributed by atoms with E-state index >= 15 is 0 Å². The first-order valence-corrected chi connectivity index (χ1v) is 4.70. The van der Waals surface area contributed by atoms with Crippen molar-refractivity contribution in [1.29, 1.82) is 10.5 Å². The average molecular weight is 244 g/mol. The number of carbonyl (C=O) groups is 1. The number of methoxy groups -OCH3 is 1. The lowest BCUT2D eigenvalue weighted by atomic mass is 10.0. The van der Waals surface area contributed by atoms with Crippen molar-refractivity contribution in [3.63, 3.8) is 0 Å². The third-order valence-corrected chi connectivity index (χ3v) is 2.13. The minimum absolute atomic E-state index is 0.0356. The molecule has 18 heavy (non-hydrogen) atoms. The van der Waals surface area contributed by atoms with Gasteiger partial charge in [0.05, 0.1) is 7.11 Å². The van der Waals surface area contributed by atoms with E-state index in [-0.39, 0.29) is 16.7 Å². The predicted molar refractivity (Wildman–Crippen MR) is 60.3 cm³/mol. The van der Waals surface area contributed by atoms with Crippen LogP contribution in [0.25, 0.3) is 6.08 Å². The van der Waals surface area contributed by atoms with Crippen LogP contribution in [0.4, 0.5) is 0 Å². The molecule has 1 aromatic carbocycles. The van der Waals surface area contributed by atoms with Crippen LogP contribution in [0.1, 0.15) is 16.7 Å². The van der Waals surface area contributed by atoms with E-state index in [9.17, 15) is 15.0 Å². The van der Waals surface area contributed by atoms with Crippen LogP contribution < -0.4 is 0 Å². The van der Waals surface area contributed by atoms with Crippen LogP contribution in [-0.2, 0) is 9.53 Å². The van der Waals surface area contributed by atoms with E-state index < -0.39 is 17.5 Å². The second kappa shape index (κ2) is 5.37. The minimum atomic E-state index is -0.656. The SMILES string of the molecule is COC(=O)C=Cc1cc(O)c(C#N)c(C#N)c1O. The van der Waals surface area contributed by atoms with E-state index in [1.54, 1.807) is 12.1 Å². The van der Waals surface area contributed by atoms with E-state index in [1.807, 2.05) is 0 Å². The third kappa shape index (κ3) is 2.39. The Kier molecular flexibility index (Phi) is 3.90. The quantitative estimate of drug-likeness (QED) is 0.456. The van der Waals surface area contributed by atoms with Gasteiger partial charge in [-0.25, -0.2) is 4.79 Å². The highest BCUT2D eigenvalue weighted by atomic mass is 16.5. The van der Waals surface area contributed by atoms with E-state index in [4.69, 9.17) is 10.5 Å². The normalized spacial score (nSPS) is 9.72. The van der Waals surface area contributed by atoms with Crippen LogP contribution in [-0.4, -0.2) is 23.3 Å². The van der Waals surface area contributed by atoms with Gasteiger partial charge in [0.2, 0.25) is 0 Å². The maximum atomic E-state index is 10.9. The van der Waals surface area contributed by atoms with Crippen molar-refractivity contribution in [2.75, 3.05) is 7.11 Å². The zero-order valence-corrected chi connectivity index (χ0v) is 9.34. The molecule has 0 spiro atoms. The highest BCUT2D eigenvalue weighted by Gasteiger charge is 2.16. The highest BCUT2D eigenvalue weighted by Crippen LogP contribution is 2.32. The molecule has 0 aliphatic rings. The van der Waals surface area contributed by atoms with Gasteiger partial charge >= 0.3 is 5.97 Å². The molecule has 1 rings (SSSR count). The van der Waals surface area contributed by atoms with Gasteiger partial charge in [-0.1, -0.05) is 0 Å². The van der Waals surface area contributed by atoms with Gasteiger partial charge in [-0.3, -0.25) is 0 Å². The fourth-order valence-electron chi connectivity index (χ4n) is 1.25. The molecular formula is C12H8N2O4. The minimum Gasteiger partial charge on any atom is -0.506 e. The summed E-state index contributed by atoms with van der Waals surface area (Å²) in [5.74, 6) is -1.58. The number of ether oxygens (including phenoxy) is 1. The molecule has 0 amide bonds. The molecular weight excluding hydrogens is 236 g/mol. The Hall–Kier alpha value is -2.99. The number of esters is 1. The van der Waals surface area contributed by atoms with Crippen molar-refractivity contribution in [2.24, 2.45) is 0 Å². The predicted octanol–water partition coefficient (Wildman–Crippen LogP) is 1.03. The number of hydrogen-bond acceptors (Lipinski definition) is 6. The third-order valence-electron chi connectivity index (χ3n) is 2.13. The number of nitrogens with zero attached hydrogens (tertiary/aromatic N) is 2. The molecule has 1 aromatic rings. The first-order chi connectivity index (χ1) is 8.54. The Morgan fingerprint density at radius 2 is 1.94 bits per heavy atom. The van der Waals surface area contributed by atoms with Crippen LogP contribution in [0.3, 0.4) is 0 Å². The van der Waals surface area contributed by atoms with Crippen LogP contribution in [0.5, 0.6) is 11.5 Å². The summed E-state index contributed by atoms with van der Waals surface area (Å²) in [4.78, 5) is 10.9. The Labute approximate surface area is 103 Å². The standard InChI is InChI=1S/C12H8N2O4/c1-18-11(16)3-2-7-4-10(15)8(5-13)9(6-14)12(7)17/h2-4,15,17H,1H3. The molecule has 2 N–H and O–H groups in total. The second-order valence-electron chi connectivity index (χ2n) is 3.16. The van der Waals surface area contributed by atoms with E-state index in [1.165, 1.54) is 13.2 Å². The summed E-state index contributed by atoms with van der Waals surface area (Å²) in [5, 5.41) is 36.8. The van der Waals surface area contributed by atoms with Gasteiger partial charge in [0.15, 0.2) is 0 Å². The number of phenols is 2. The largest absolute Gasteiger partial charge is 0.506 e. The van der Waals surface area contributed by atoms with Crippen LogP contribution in [0, 0.1) is 22.7 Å². The molecule has 0 saturated heterocycles. The molecule has 0 aliphatic heterocycles. The monoisotopic (exact) mass is 244 g/mol. The molecule has 0 aromatic heterocycles. The lowest BCUT2D eigenvalue weighted by molar-refractivity contribution is -0.134. The van der Waals surface area contributed by atoms with Crippen LogP contribution in [0.2, 0.25) is 0 Å². The smallest absolute Gasteiger partial charge is 0.330 e. The van der Waals surface area contributed by atoms with E-state index in [0.29, 0.717) is 0 Å². The molecule has 0 radical (unpaired) electrons. The van der Waals surface area contributed by atoms with Crippen molar-refractivity contribution < 1.29 is 19.7 Å². The molecule has 0 fully saturated rings. The first-order valence-electron chi connectivity index (χ1n) is 4.70. The summed E-state index contributed by atoms with van der Waals surface area (Å²) >= 11 is 0. The van der Waals surface area contributed by atoms with Crippen molar-refractivity contribution in [1.82, 2.24) is 0 Å². The topological polar surface area (TPSA) is 114 Å². The summed E-state index contributed by atoms with van der Waals surface area (Å²) in [7, 11) is 1.18. The molecule has 0 aliphatic carbocycles. The van der Waals surface area contributed by atoms with Gasteiger partial charge < -0.3 is 14.9 Å². The van der Waals surface area contributed by atoms with Gasteiger partial charge in [-0.15, -0.1) is 0 Å². The number of rotatable bonds is 2. The van der Waals surface area contributed by atoms with Crippen molar-refractivity contribution in [3.8, 4) is 23.6 Å². The molecule has 90 valence electrons. The molecule has 0 unspecified atom stereocenters. The fourth-order valence-corrected chi connectivity index (χ4v) is 1.25. The first kappa shape index (κ1) is 13.1. The maximum Gasteiger partial charge on any atom is 0.330 e. The summed E-state index contributed by atoms with van der Waals surface area (Å²) < 4.78 is 4.36. The zero-order chi connectivity index (χ0) is 13.7. The lowest BCUT2D eigenvalue weighted by Gasteiger charge is -2.05. The number of hydrogen-bond donors (Lipinski definition) is 2. The number of phenolic OH excluding ortho intramolecular Hbond substituents is 2. The molecule has 6 nitrogen and oxygen atoms in total. The average Bonchev–Trinajstić information content (AvgIpc) is 2.38. The number of nitriles is 2. The number of aromatic hydroxyl groups is 2. The van der Waals surface area contributed by atoms with Crippen molar-refractivity contribution in [2.45, 2.75) is 0 Å². The Morgan fingerprint density at radius 3 is 2.44 bits per heavy atom. The van der Waals surface area contributed by atoms with Crippen LogP contribution in [0.15, 0.2) is 12.1 Å². The van der Waals surface area contributed by atoms with Gasteiger partial charge in [-0.05, 0) is 12.1 Å². The van der Waals surface area contributed by atoms with Crippen molar-refractivity contribution in [3.05, 3.63) is 28.8 Å². The van der Waals surface area contributed by atoms with Gasteiger partial charge in [-0.2, -0.15) is 10.5 Å². The van der Waals surface area contributed by atoms with Crippen molar-refractivity contribution >= 4 is 12.0 Å². The summed E-state index contributed by atoms with van der Waals surface area (Å²) in [6.45, 7) is 0. The summed E-state index contributed by atoms with van der Waals surface area (Å²) in [6.07, 6.45) is 2.19. The number of carbonyl (C=O) groups excluding carboxylic acids is 1. The Morgan fingerprint density at radius 1 is 1.33 bits per heavy atom. The zero-order valence-electron chi connectivity index (χ0n) is 9.34.